The van der Waals surface area contributed by atoms with E-state index < -0.39 is 9.05 Å². The van der Waals surface area contributed by atoms with Crippen LogP contribution in [0.5, 0.6) is 0 Å². The maximum absolute atomic E-state index is 11.0. The van der Waals surface area contributed by atoms with E-state index in [-0.39, 0.29) is 5.75 Å². The Kier molecular flexibility index (Phi) is 2.90. The highest BCUT2D eigenvalue weighted by Gasteiger charge is 2.13. The summed E-state index contributed by atoms with van der Waals surface area (Å²) in [6.07, 6.45) is 1.87. The lowest BCUT2D eigenvalue weighted by molar-refractivity contribution is 0.609. The van der Waals surface area contributed by atoms with E-state index in [9.17, 15) is 8.42 Å². The third kappa shape index (κ3) is 2.19. The summed E-state index contributed by atoms with van der Waals surface area (Å²) in [4.78, 5) is 0. The number of hydrogen-bond acceptors (Lipinski definition) is 2. The van der Waals surface area contributed by atoms with Crippen LogP contribution in [0.3, 0.4) is 0 Å². The van der Waals surface area contributed by atoms with Crippen molar-refractivity contribution in [2.45, 2.75) is 5.75 Å². The van der Waals surface area contributed by atoms with Gasteiger partial charge in [-0.3, -0.25) is 0 Å². The summed E-state index contributed by atoms with van der Waals surface area (Å²) in [6.45, 7) is 0. The van der Waals surface area contributed by atoms with Crippen LogP contribution in [0.2, 0.25) is 5.02 Å². The summed E-state index contributed by atoms with van der Waals surface area (Å²) < 4.78 is 23.9. The van der Waals surface area contributed by atoms with Gasteiger partial charge in [0.2, 0.25) is 9.05 Å². The van der Waals surface area contributed by atoms with Crippen molar-refractivity contribution >= 4 is 42.2 Å². The molecule has 0 aliphatic carbocycles. The van der Waals surface area contributed by atoms with Gasteiger partial charge in [-0.25, -0.2) is 8.42 Å². The Hall–Kier alpha value is -0.710. The average Bonchev–Trinajstić information content (AvgIpc) is 2.52. The molecule has 3 nitrogen and oxygen atoms in total. The Balaban J connectivity index is 2.61. The Morgan fingerprint density at radius 3 is 2.62 bits per heavy atom. The first-order chi connectivity index (χ1) is 7.38. The molecule has 0 saturated carbocycles. The molecule has 2 aromatic rings. The molecular weight excluding hydrogens is 269 g/mol. The number of aryl methyl sites for hydroxylation is 1. The zero-order chi connectivity index (χ0) is 11.9. The number of hydrogen-bond donors (Lipinski definition) is 0. The van der Waals surface area contributed by atoms with Gasteiger partial charge in [0.05, 0.1) is 10.8 Å². The molecule has 0 N–H and O–H groups in total. The number of aromatic nitrogens is 1. The summed E-state index contributed by atoms with van der Waals surface area (Å²) in [7, 11) is 3.52. The lowest BCUT2D eigenvalue weighted by Gasteiger charge is -2.04. The molecule has 1 heterocycles. The van der Waals surface area contributed by atoms with Crippen LogP contribution in [-0.4, -0.2) is 13.0 Å². The lowest BCUT2D eigenvalue weighted by atomic mass is 10.2. The van der Waals surface area contributed by atoms with Gasteiger partial charge in [0.25, 0.3) is 0 Å². The van der Waals surface area contributed by atoms with Crippen LogP contribution in [0.4, 0.5) is 0 Å². The molecule has 16 heavy (non-hydrogen) atoms. The van der Waals surface area contributed by atoms with E-state index in [0.717, 1.165) is 10.9 Å². The van der Waals surface area contributed by atoms with E-state index >= 15 is 0 Å². The molecule has 0 spiro atoms. The quantitative estimate of drug-likeness (QED) is 0.792. The van der Waals surface area contributed by atoms with E-state index in [4.69, 9.17) is 22.3 Å². The van der Waals surface area contributed by atoms with Gasteiger partial charge in [-0.1, -0.05) is 17.7 Å². The number of rotatable bonds is 2. The van der Waals surface area contributed by atoms with Gasteiger partial charge in [0, 0.05) is 34.8 Å². The number of benzene rings is 1. The second-order valence-corrected chi connectivity index (χ2v) is 6.74. The Morgan fingerprint density at radius 2 is 2.00 bits per heavy atom. The summed E-state index contributed by atoms with van der Waals surface area (Å²) in [6, 6.07) is 5.37. The first-order valence-electron chi connectivity index (χ1n) is 4.53. The molecule has 0 aliphatic heterocycles. The lowest BCUT2D eigenvalue weighted by Crippen LogP contribution is -1.96. The number of fused-ring (bicyclic) bond motifs is 1. The molecule has 0 radical (unpaired) electrons. The van der Waals surface area contributed by atoms with Crippen molar-refractivity contribution in [1.29, 1.82) is 0 Å². The van der Waals surface area contributed by atoms with Gasteiger partial charge >= 0.3 is 0 Å². The fourth-order valence-corrected chi connectivity index (χ4v) is 2.99. The van der Waals surface area contributed by atoms with Gasteiger partial charge in [-0.05, 0) is 17.7 Å². The van der Waals surface area contributed by atoms with Gasteiger partial charge in [0.15, 0.2) is 0 Å². The maximum Gasteiger partial charge on any atom is 0.236 e. The van der Waals surface area contributed by atoms with E-state index in [0.29, 0.717) is 10.6 Å². The zero-order valence-corrected chi connectivity index (χ0v) is 10.8. The fourth-order valence-electron chi connectivity index (χ4n) is 1.66. The summed E-state index contributed by atoms with van der Waals surface area (Å²) in [5.41, 5.74) is 1.48. The van der Waals surface area contributed by atoms with E-state index in [1.54, 1.807) is 6.07 Å². The van der Waals surface area contributed by atoms with Crippen LogP contribution in [-0.2, 0) is 21.9 Å². The predicted molar refractivity (Wildman–Crippen MR) is 66.4 cm³/mol. The van der Waals surface area contributed by atoms with E-state index in [1.165, 1.54) is 0 Å². The molecule has 1 aromatic heterocycles. The van der Waals surface area contributed by atoms with Crippen LogP contribution in [0.1, 0.15) is 5.56 Å². The van der Waals surface area contributed by atoms with Crippen molar-refractivity contribution in [3.63, 3.8) is 0 Å². The largest absolute Gasteiger partial charge is 0.351 e. The second kappa shape index (κ2) is 3.95. The summed E-state index contributed by atoms with van der Waals surface area (Å²) in [5.74, 6) is -0.252. The van der Waals surface area contributed by atoms with Crippen LogP contribution in [0.25, 0.3) is 10.9 Å². The van der Waals surface area contributed by atoms with Gasteiger partial charge < -0.3 is 4.57 Å². The molecule has 0 aliphatic rings. The minimum Gasteiger partial charge on any atom is -0.351 e. The minimum atomic E-state index is -3.58. The highest BCUT2D eigenvalue weighted by atomic mass is 35.7. The van der Waals surface area contributed by atoms with Crippen molar-refractivity contribution in [2.75, 3.05) is 0 Å². The molecule has 0 saturated heterocycles. The second-order valence-electron chi connectivity index (χ2n) is 3.58. The molecule has 86 valence electrons. The van der Waals surface area contributed by atoms with Gasteiger partial charge in [0.1, 0.15) is 0 Å². The third-order valence-corrected chi connectivity index (χ3v) is 3.84. The van der Waals surface area contributed by atoms with Crippen molar-refractivity contribution in [2.24, 2.45) is 7.05 Å². The minimum absolute atomic E-state index is 0.252. The topological polar surface area (TPSA) is 39.1 Å². The van der Waals surface area contributed by atoms with Crippen molar-refractivity contribution in [3.05, 3.63) is 35.0 Å². The van der Waals surface area contributed by atoms with Crippen LogP contribution < -0.4 is 0 Å². The van der Waals surface area contributed by atoms with Crippen molar-refractivity contribution in [3.8, 4) is 0 Å². The number of halogens is 2. The Morgan fingerprint density at radius 1 is 1.31 bits per heavy atom. The predicted octanol–water partition coefficient (Wildman–Crippen LogP) is 2.90. The van der Waals surface area contributed by atoms with E-state index in [2.05, 4.69) is 0 Å². The fraction of sp³-hybridized carbons (Fsp3) is 0.200. The molecule has 2 rings (SSSR count). The van der Waals surface area contributed by atoms with Crippen LogP contribution in [0, 0.1) is 0 Å². The molecule has 1 aromatic carbocycles. The van der Waals surface area contributed by atoms with Crippen molar-refractivity contribution in [1.82, 2.24) is 4.57 Å². The first-order valence-corrected chi connectivity index (χ1v) is 7.39. The molecule has 0 amide bonds. The molecule has 0 atom stereocenters. The molecule has 0 fully saturated rings. The van der Waals surface area contributed by atoms with E-state index in [1.807, 2.05) is 29.9 Å². The van der Waals surface area contributed by atoms with Crippen LogP contribution >= 0.6 is 22.3 Å². The monoisotopic (exact) mass is 277 g/mol. The highest BCUT2D eigenvalue weighted by molar-refractivity contribution is 8.13. The van der Waals surface area contributed by atoms with Crippen molar-refractivity contribution < 1.29 is 8.42 Å². The van der Waals surface area contributed by atoms with Crippen LogP contribution in [0.15, 0.2) is 24.4 Å². The Bertz CT molecular complexity index is 646. The smallest absolute Gasteiger partial charge is 0.236 e. The van der Waals surface area contributed by atoms with Gasteiger partial charge in [-0.15, -0.1) is 0 Å². The average molecular weight is 278 g/mol. The standard InChI is InChI=1S/C10H9Cl2NO2S/c1-13-5-4-8-9(13)3-2-7(10(8)11)6-16(12,14)15/h2-5H,6H2,1H3. The molecule has 0 bridgehead atoms. The third-order valence-electron chi connectivity index (χ3n) is 2.41. The maximum atomic E-state index is 11.0. The zero-order valence-electron chi connectivity index (χ0n) is 8.44. The first kappa shape index (κ1) is 11.8. The molecule has 6 heteroatoms. The molecular formula is C10H9Cl2NO2S. The number of nitrogens with zero attached hydrogens (tertiary/aromatic N) is 1. The Labute approximate surface area is 103 Å². The summed E-state index contributed by atoms with van der Waals surface area (Å²) in [5, 5.41) is 1.28. The highest BCUT2D eigenvalue weighted by Crippen LogP contribution is 2.29. The SMILES string of the molecule is Cn1ccc2c(Cl)c(CS(=O)(=O)Cl)ccc21. The summed E-state index contributed by atoms with van der Waals surface area (Å²) >= 11 is 6.12. The molecule has 0 unspecified atom stereocenters. The van der Waals surface area contributed by atoms with Gasteiger partial charge in [-0.2, -0.15) is 0 Å². The normalized spacial score (nSPS) is 12.2.